The van der Waals surface area contributed by atoms with Crippen molar-refractivity contribution in [3.05, 3.63) is 127 Å². The van der Waals surface area contributed by atoms with E-state index >= 15 is 0 Å². The molecule has 6 heterocycles. The second-order valence-corrected chi connectivity index (χ2v) is 13.7. The van der Waals surface area contributed by atoms with Gasteiger partial charge in [-0.05, 0) is 48.4 Å². The van der Waals surface area contributed by atoms with Crippen LogP contribution >= 0.6 is 0 Å². The van der Waals surface area contributed by atoms with Gasteiger partial charge in [-0.15, -0.1) is 0 Å². The Balaban J connectivity index is 0.921. The number of hydrogen-bond acceptors (Lipinski definition) is 9. The second-order valence-electron chi connectivity index (χ2n) is 13.7. The highest BCUT2D eigenvalue weighted by molar-refractivity contribution is 5.87. The van der Waals surface area contributed by atoms with E-state index in [0.29, 0.717) is 36.7 Å². The largest absolute Gasteiger partial charge is 0.453 e. The van der Waals surface area contributed by atoms with E-state index < -0.39 is 12.1 Å². The fraction of sp³-hybridized carbons (Fsp3) is 0.268. The maximum Gasteiger partial charge on any atom is 0.407 e. The van der Waals surface area contributed by atoms with Crippen LogP contribution < -0.4 is 5.32 Å². The monoisotopic (exact) mass is 736 g/mol. The molecule has 3 amide bonds. The van der Waals surface area contributed by atoms with Crippen LogP contribution in [-0.4, -0.2) is 82.8 Å². The summed E-state index contributed by atoms with van der Waals surface area (Å²) in [5, 5.41) is 2.70. The number of aromatic amines is 2. The lowest BCUT2D eigenvalue weighted by Crippen LogP contribution is -2.42. The number of ether oxygens (including phenoxy) is 1. The zero-order chi connectivity index (χ0) is 37.7. The highest BCUT2D eigenvalue weighted by Crippen LogP contribution is 2.35. The van der Waals surface area contributed by atoms with Gasteiger partial charge in [0.2, 0.25) is 5.91 Å². The molecule has 0 radical (unpaired) electrons. The Morgan fingerprint density at radius 3 is 2.04 bits per heavy atom. The van der Waals surface area contributed by atoms with E-state index in [2.05, 4.69) is 40.2 Å². The number of alkyl carbamates (subject to hydrolysis) is 1. The summed E-state index contributed by atoms with van der Waals surface area (Å²) in [7, 11) is 1.27. The van der Waals surface area contributed by atoms with E-state index in [4.69, 9.17) is 4.74 Å². The van der Waals surface area contributed by atoms with Crippen LogP contribution in [0, 0.1) is 0 Å². The normalized spacial score (nSPS) is 17.3. The summed E-state index contributed by atoms with van der Waals surface area (Å²) in [4.78, 5) is 72.4. The molecule has 2 saturated heterocycles. The lowest BCUT2D eigenvalue weighted by atomic mass is 10.1. The van der Waals surface area contributed by atoms with Crippen molar-refractivity contribution in [2.45, 2.75) is 50.2 Å². The number of nitrogens with one attached hydrogen (secondary N) is 3. The zero-order valence-corrected chi connectivity index (χ0v) is 30.3. The van der Waals surface area contributed by atoms with Crippen molar-refractivity contribution in [2.24, 2.45) is 0 Å². The van der Waals surface area contributed by atoms with Crippen molar-refractivity contribution in [1.82, 2.24) is 50.0 Å². The van der Waals surface area contributed by atoms with Crippen LogP contribution in [0.4, 0.5) is 4.79 Å². The minimum Gasteiger partial charge on any atom is -0.453 e. The van der Waals surface area contributed by atoms with Gasteiger partial charge in [0, 0.05) is 49.0 Å². The molecule has 0 unspecified atom stereocenters. The van der Waals surface area contributed by atoms with Crippen molar-refractivity contribution in [3.63, 3.8) is 0 Å². The summed E-state index contributed by atoms with van der Waals surface area (Å²) < 4.78 is 4.81. The number of rotatable bonds is 10. The van der Waals surface area contributed by atoms with Crippen molar-refractivity contribution in [1.29, 1.82) is 0 Å². The molecule has 14 nitrogen and oxygen atoms in total. The first kappa shape index (κ1) is 35.3. The van der Waals surface area contributed by atoms with Crippen LogP contribution in [0.3, 0.4) is 0 Å². The van der Waals surface area contributed by atoms with Gasteiger partial charge in [-0.3, -0.25) is 14.6 Å². The molecule has 0 bridgehead atoms. The molecule has 14 heteroatoms. The predicted octanol–water partition coefficient (Wildman–Crippen LogP) is 5.99. The Kier molecular flexibility index (Phi) is 10.1. The number of aromatic nitrogens is 7. The van der Waals surface area contributed by atoms with Crippen LogP contribution in [0.2, 0.25) is 0 Å². The third-order valence-electron chi connectivity index (χ3n) is 10.3. The minimum atomic E-state index is -0.890. The van der Waals surface area contributed by atoms with Gasteiger partial charge < -0.3 is 29.8 Å². The third-order valence-corrected chi connectivity index (χ3v) is 10.3. The van der Waals surface area contributed by atoms with Gasteiger partial charge in [0.1, 0.15) is 17.7 Å². The summed E-state index contributed by atoms with van der Waals surface area (Å²) in [6.45, 7) is 1.25. The maximum atomic E-state index is 13.8. The quantitative estimate of drug-likeness (QED) is 0.153. The van der Waals surface area contributed by atoms with Crippen LogP contribution in [0.5, 0.6) is 0 Å². The van der Waals surface area contributed by atoms with Crippen LogP contribution in [0.1, 0.15) is 66.6 Å². The molecule has 4 aromatic heterocycles. The number of carbonyl (C=O) groups is 3. The fourth-order valence-corrected chi connectivity index (χ4v) is 7.44. The molecule has 2 aliphatic heterocycles. The van der Waals surface area contributed by atoms with Gasteiger partial charge in [0.15, 0.2) is 5.82 Å². The van der Waals surface area contributed by atoms with Gasteiger partial charge in [-0.1, -0.05) is 60.7 Å². The summed E-state index contributed by atoms with van der Waals surface area (Å²) in [6, 6.07) is 19.6. The Morgan fingerprint density at radius 1 is 0.745 bits per heavy atom. The maximum absolute atomic E-state index is 13.8. The standard InChI is InChI=1S/C41H40N10O4/c1-55-41(54)49-36(28-9-3-2-4-10-28)40(53)51-19-7-12-34(51)39-46-25-32(48-39)30-22-43-37(44-23-30)29-15-13-27(14-16-29)31-24-45-38(47-31)33-11-6-18-50(33)35(52)20-26-8-5-17-42-21-26/h2-5,8-10,13-17,21-25,33-34,36H,6-7,11-12,18-20H2,1H3,(H,45,47)(H,46,48)(H,49,54)/t33-,34-,36+/m0/s1. The number of imidazole rings is 2. The van der Waals surface area contributed by atoms with E-state index in [0.717, 1.165) is 65.1 Å². The lowest BCUT2D eigenvalue weighted by Gasteiger charge is -2.28. The van der Waals surface area contributed by atoms with Crippen molar-refractivity contribution in [2.75, 3.05) is 20.2 Å². The average Bonchev–Trinajstić information content (AvgIpc) is 4.08. The smallest absolute Gasteiger partial charge is 0.407 e. The Labute approximate surface area is 317 Å². The van der Waals surface area contributed by atoms with E-state index in [1.165, 1.54) is 7.11 Å². The molecule has 8 rings (SSSR count). The Morgan fingerprint density at radius 2 is 1.38 bits per heavy atom. The van der Waals surface area contributed by atoms with Gasteiger partial charge in [-0.25, -0.2) is 24.7 Å². The number of amides is 3. The molecule has 0 spiro atoms. The Hall–Kier alpha value is -6.70. The number of methoxy groups -OCH3 is 1. The van der Waals surface area contributed by atoms with E-state index in [9.17, 15) is 14.4 Å². The number of benzene rings is 2. The molecular weight excluding hydrogens is 697 g/mol. The SMILES string of the molecule is COC(=O)N[C@@H](C(=O)N1CCC[C@H]1c1ncc(-c2cnc(-c3ccc(-c4cnc([C@@H]5CCCN5C(=O)Cc5cccnc5)[nH]4)cc3)nc2)[nH]1)c1ccccc1. The van der Waals surface area contributed by atoms with Crippen LogP contribution in [0.25, 0.3) is 33.9 Å². The number of H-pyrrole nitrogens is 2. The number of nitrogens with zero attached hydrogens (tertiary/aromatic N) is 7. The zero-order valence-electron chi connectivity index (χ0n) is 30.3. The van der Waals surface area contributed by atoms with Crippen molar-refractivity contribution < 1.29 is 19.1 Å². The molecule has 278 valence electrons. The van der Waals surface area contributed by atoms with Crippen molar-refractivity contribution in [3.8, 4) is 33.9 Å². The lowest BCUT2D eigenvalue weighted by molar-refractivity contribution is -0.134. The second kappa shape index (κ2) is 15.7. The third kappa shape index (κ3) is 7.56. The first-order chi connectivity index (χ1) is 26.9. The van der Waals surface area contributed by atoms with E-state index in [1.807, 2.05) is 77.8 Å². The summed E-state index contributed by atoms with van der Waals surface area (Å²) >= 11 is 0. The summed E-state index contributed by atoms with van der Waals surface area (Å²) in [5.41, 5.74) is 5.76. The van der Waals surface area contributed by atoms with Gasteiger partial charge in [0.05, 0.1) is 49.4 Å². The molecule has 3 atom stereocenters. The summed E-state index contributed by atoms with van der Waals surface area (Å²) in [5.74, 6) is 1.87. The molecule has 0 saturated carbocycles. The minimum absolute atomic E-state index is 0.0767. The van der Waals surface area contributed by atoms with Crippen LogP contribution in [-0.2, 0) is 20.7 Å². The number of hydrogen-bond donors (Lipinski definition) is 3. The van der Waals surface area contributed by atoms with E-state index in [-0.39, 0.29) is 23.9 Å². The number of likely N-dealkylation sites (tertiary alicyclic amines) is 2. The van der Waals surface area contributed by atoms with Crippen molar-refractivity contribution >= 4 is 17.9 Å². The highest BCUT2D eigenvalue weighted by atomic mass is 16.5. The molecule has 2 aliphatic rings. The summed E-state index contributed by atoms with van der Waals surface area (Å²) in [6.07, 6.45) is 13.5. The first-order valence-electron chi connectivity index (χ1n) is 18.4. The van der Waals surface area contributed by atoms with Gasteiger partial charge in [-0.2, -0.15) is 0 Å². The molecule has 2 fully saturated rings. The topological polar surface area (TPSA) is 175 Å². The Bertz CT molecular complexity index is 2260. The molecule has 6 aromatic rings. The molecule has 55 heavy (non-hydrogen) atoms. The highest BCUT2D eigenvalue weighted by Gasteiger charge is 2.37. The van der Waals surface area contributed by atoms with Gasteiger partial charge >= 0.3 is 6.09 Å². The van der Waals surface area contributed by atoms with E-state index in [1.54, 1.807) is 35.9 Å². The number of pyridine rings is 1. The molecular formula is C41H40N10O4. The van der Waals surface area contributed by atoms with Crippen LogP contribution in [0.15, 0.2) is 104 Å². The number of carbonyl (C=O) groups excluding carboxylic acids is 3. The fourth-order valence-electron chi connectivity index (χ4n) is 7.44. The molecule has 0 aliphatic carbocycles. The molecule has 3 N–H and O–H groups in total. The predicted molar refractivity (Wildman–Crippen MR) is 203 cm³/mol. The average molecular weight is 737 g/mol. The van der Waals surface area contributed by atoms with Gasteiger partial charge in [0.25, 0.3) is 5.91 Å². The first-order valence-corrected chi connectivity index (χ1v) is 18.4. The molecule has 2 aromatic carbocycles.